The molecule has 0 N–H and O–H groups in total. The van der Waals surface area contributed by atoms with Crippen molar-refractivity contribution in [3.8, 4) is 11.5 Å². The summed E-state index contributed by atoms with van der Waals surface area (Å²) >= 11 is 0. The second-order valence-corrected chi connectivity index (χ2v) is 6.85. The van der Waals surface area contributed by atoms with Gasteiger partial charge in [-0.1, -0.05) is 38.5 Å². The van der Waals surface area contributed by atoms with Crippen LogP contribution in [-0.4, -0.2) is 25.8 Å². The van der Waals surface area contributed by atoms with Crippen LogP contribution in [0.15, 0.2) is 24.3 Å². The molecule has 24 heavy (non-hydrogen) atoms. The Morgan fingerprint density at radius 2 is 0.958 bits per heavy atom. The summed E-state index contributed by atoms with van der Waals surface area (Å²) in [6.07, 6.45) is 13.2. The summed E-state index contributed by atoms with van der Waals surface area (Å²) in [6, 6.07) is 7.67. The summed E-state index contributed by atoms with van der Waals surface area (Å²) in [5.74, 6) is 1.62. The van der Waals surface area contributed by atoms with Gasteiger partial charge in [-0.3, -0.25) is 0 Å². The first-order valence-electron chi connectivity index (χ1n) is 9.49. The quantitative estimate of drug-likeness (QED) is 0.623. The van der Waals surface area contributed by atoms with Gasteiger partial charge in [0.25, 0.3) is 0 Å². The average molecular weight is 334 g/mol. The largest absolute Gasteiger partial charge is 0.468 e. The fourth-order valence-corrected chi connectivity index (χ4v) is 3.49. The van der Waals surface area contributed by atoms with Crippen molar-refractivity contribution in [3.63, 3.8) is 0 Å². The second-order valence-electron chi connectivity index (χ2n) is 6.85. The highest BCUT2D eigenvalue weighted by atomic mass is 16.7. The molecule has 1 aromatic rings. The number of hydrogen-bond donors (Lipinski definition) is 0. The van der Waals surface area contributed by atoms with E-state index < -0.39 is 0 Å². The van der Waals surface area contributed by atoms with Crippen molar-refractivity contribution in [3.05, 3.63) is 24.3 Å². The Balaban J connectivity index is 1.31. The minimum absolute atomic E-state index is 0.329. The van der Waals surface area contributed by atoms with Gasteiger partial charge in [0.1, 0.15) is 11.5 Å². The lowest BCUT2D eigenvalue weighted by molar-refractivity contribution is -0.0512. The van der Waals surface area contributed by atoms with Crippen LogP contribution in [0.3, 0.4) is 0 Å². The van der Waals surface area contributed by atoms with Crippen LogP contribution < -0.4 is 9.47 Å². The standard InChI is InChI=1S/C20H30O4/c1-3-7-17(8-4-1)21-15-23-19-11-13-20(14-12-19)24-16-22-18-9-5-2-6-10-18/h11-14,17-18H,1-10,15-16H2. The van der Waals surface area contributed by atoms with Gasteiger partial charge in [0.05, 0.1) is 12.2 Å². The Labute approximate surface area is 145 Å². The van der Waals surface area contributed by atoms with Crippen molar-refractivity contribution in [1.82, 2.24) is 0 Å². The SMILES string of the molecule is c1cc(OCOC2CCCCC2)ccc1OCOC1CCCCC1. The van der Waals surface area contributed by atoms with E-state index in [-0.39, 0.29) is 0 Å². The van der Waals surface area contributed by atoms with Gasteiger partial charge >= 0.3 is 0 Å². The van der Waals surface area contributed by atoms with E-state index in [1.54, 1.807) is 0 Å². The van der Waals surface area contributed by atoms with E-state index in [0.29, 0.717) is 25.8 Å². The maximum atomic E-state index is 5.78. The van der Waals surface area contributed by atoms with E-state index in [1.807, 2.05) is 24.3 Å². The molecule has 2 fully saturated rings. The molecule has 0 unspecified atom stereocenters. The topological polar surface area (TPSA) is 36.9 Å². The molecule has 2 aliphatic rings. The minimum atomic E-state index is 0.329. The zero-order valence-corrected chi connectivity index (χ0v) is 14.6. The Hall–Kier alpha value is -1.26. The van der Waals surface area contributed by atoms with Gasteiger partial charge < -0.3 is 18.9 Å². The molecule has 0 aromatic heterocycles. The molecule has 0 bridgehead atoms. The Morgan fingerprint density at radius 1 is 0.583 bits per heavy atom. The Bertz CT molecular complexity index is 404. The van der Waals surface area contributed by atoms with Crippen molar-refractivity contribution in [1.29, 1.82) is 0 Å². The Morgan fingerprint density at radius 3 is 1.33 bits per heavy atom. The highest BCUT2D eigenvalue weighted by Gasteiger charge is 2.14. The molecule has 2 aliphatic carbocycles. The summed E-state index contributed by atoms with van der Waals surface area (Å²) in [7, 11) is 0. The molecule has 0 radical (unpaired) electrons. The molecule has 0 aliphatic heterocycles. The fourth-order valence-electron chi connectivity index (χ4n) is 3.49. The minimum Gasteiger partial charge on any atom is -0.468 e. The molecule has 3 rings (SSSR count). The molecule has 0 saturated heterocycles. The highest BCUT2D eigenvalue weighted by molar-refractivity contribution is 5.31. The lowest BCUT2D eigenvalue weighted by atomic mass is 9.98. The van der Waals surface area contributed by atoms with Crippen LogP contribution in [0.5, 0.6) is 11.5 Å². The molecule has 0 spiro atoms. The zero-order chi connectivity index (χ0) is 16.5. The first kappa shape index (κ1) is 17.6. The summed E-state index contributed by atoms with van der Waals surface area (Å²) in [4.78, 5) is 0. The van der Waals surface area contributed by atoms with E-state index in [1.165, 1.54) is 38.5 Å². The maximum absolute atomic E-state index is 5.78. The highest BCUT2D eigenvalue weighted by Crippen LogP contribution is 2.23. The van der Waals surface area contributed by atoms with Gasteiger partial charge in [-0.15, -0.1) is 0 Å². The van der Waals surface area contributed by atoms with Gasteiger partial charge in [0, 0.05) is 0 Å². The molecule has 134 valence electrons. The third-order valence-electron chi connectivity index (χ3n) is 4.99. The average Bonchev–Trinajstić information content (AvgIpc) is 2.65. The van der Waals surface area contributed by atoms with Crippen LogP contribution >= 0.6 is 0 Å². The summed E-state index contributed by atoms with van der Waals surface area (Å²) in [5, 5.41) is 0. The molecule has 1 aromatic carbocycles. The van der Waals surface area contributed by atoms with Gasteiger partial charge in [-0.2, -0.15) is 0 Å². The number of benzene rings is 1. The van der Waals surface area contributed by atoms with Gasteiger partial charge in [-0.05, 0) is 49.9 Å². The van der Waals surface area contributed by atoms with E-state index in [0.717, 1.165) is 37.2 Å². The van der Waals surface area contributed by atoms with Crippen LogP contribution in [0.2, 0.25) is 0 Å². The smallest absolute Gasteiger partial charge is 0.189 e. The van der Waals surface area contributed by atoms with Crippen LogP contribution in [0.1, 0.15) is 64.2 Å². The first-order chi connectivity index (χ1) is 11.9. The van der Waals surface area contributed by atoms with Crippen LogP contribution in [0.25, 0.3) is 0 Å². The summed E-state index contributed by atoms with van der Waals surface area (Å²) in [5.41, 5.74) is 0. The fraction of sp³-hybridized carbons (Fsp3) is 0.700. The maximum Gasteiger partial charge on any atom is 0.189 e. The van der Waals surface area contributed by atoms with Crippen LogP contribution in [0, 0.1) is 0 Å². The molecule has 0 amide bonds. The lowest BCUT2D eigenvalue weighted by Gasteiger charge is -2.22. The van der Waals surface area contributed by atoms with E-state index in [9.17, 15) is 0 Å². The number of ether oxygens (including phenoxy) is 4. The second kappa shape index (κ2) is 9.90. The third-order valence-corrected chi connectivity index (χ3v) is 4.99. The predicted molar refractivity (Wildman–Crippen MR) is 93.3 cm³/mol. The number of rotatable bonds is 8. The molecular weight excluding hydrogens is 304 g/mol. The van der Waals surface area contributed by atoms with Crippen molar-refractivity contribution in [2.45, 2.75) is 76.4 Å². The van der Waals surface area contributed by atoms with Crippen molar-refractivity contribution >= 4 is 0 Å². The van der Waals surface area contributed by atoms with Crippen LogP contribution in [-0.2, 0) is 9.47 Å². The third kappa shape index (κ3) is 5.99. The molecule has 0 atom stereocenters. The van der Waals surface area contributed by atoms with Crippen LogP contribution in [0.4, 0.5) is 0 Å². The predicted octanol–water partition coefficient (Wildman–Crippen LogP) is 5.06. The number of hydrogen-bond acceptors (Lipinski definition) is 4. The lowest BCUT2D eigenvalue weighted by Crippen LogP contribution is -2.19. The molecule has 4 heteroatoms. The van der Waals surface area contributed by atoms with Crippen molar-refractivity contribution < 1.29 is 18.9 Å². The molecular formula is C20H30O4. The van der Waals surface area contributed by atoms with Gasteiger partial charge in [0.2, 0.25) is 0 Å². The van der Waals surface area contributed by atoms with E-state index in [2.05, 4.69) is 0 Å². The normalized spacial score (nSPS) is 20.0. The first-order valence-corrected chi connectivity index (χ1v) is 9.49. The summed E-state index contributed by atoms with van der Waals surface area (Å²) < 4.78 is 22.9. The monoisotopic (exact) mass is 334 g/mol. The molecule has 0 heterocycles. The zero-order valence-electron chi connectivity index (χ0n) is 14.6. The molecule has 4 nitrogen and oxygen atoms in total. The summed E-state index contributed by atoms with van der Waals surface area (Å²) in [6.45, 7) is 0.658. The van der Waals surface area contributed by atoms with Gasteiger partial charge in [0.15, 0.2) is 13.6 Å². The Kier molecular flexibility index (Phi) is 7.24. The molecule has 2 saturated carbocycles. The van der Waals surface area contributed by atoms with Gasteiger partial charge in [-0.25, -0.2) is 0 Å². The van der Waals surface area contributed by atoms with E-state index in [4.69, 9.17) is 18.9 Å². The van der Waals surface area contributed by atoms with E-state index >= 15 is 0 Å². The van der Waals surface area contributed by atoms with Crippen molar-refractivity contribution in [2.24, 2.45) is 0 Å². The van der Waals surface area contributed by atoms with Crippen molar-refractivity contribution in [2.75, 3.05) is 13.6 Å².